The van der Waals surface area contributed by atoms with Gasteiger partial charge in [-0.15, -0.1) is 11.6 Å². The van der Waals surface area contributed by atoms with Gasteiger partial charge in [0.2, 0.25) is 47.3 Å². The van der Waals surface area contributed by atoms with Crippen molar-refractivity contribution in [1.29, 1.82) is 0 Å². The molecule has 1 fully saturated rings. The minimum Gasteiger partial charge on any atom is -0.481 e. The van der Waals surface area contributed by atoms with Crippen molar-refractivity contribution in [1.82, 2.24) is 47.9 Å². The number of esters is 1. The molecular weight excluding hydrogens is 1150 g/mol. The molecule has 1 aliphatic heterocycles. The topological polar surface area (TPSA) is 542 Å². The van der Waals surface area contributed by atoms with Crippen molar-refractivity contribution in [3.8, 4) is 0 Å². The van der Waals surface area contributed by atoms with Crippen LogP contribution in [0.4, 0.5) is 0 Å². The van der Waals surface area contributed by atoms with Crippen molar-refractivity contribution in [2.75, 3.05) is 32.1 Å². The molecule has 1 aliphatic rings. The summed E-state index contributed by atoms with van der Waals surface area (Å²) in [5, 5.41) is 92.7. The van der Waals surface area contributed by atoms with Gasteiger partial charge < -0.3 is 106 Å². The first-order valence-electron chi connectivity index (χ1n) is 28.3. The van der Waals surface area contributed by atoms with Crippen molar-refractivity contribution < 1.29 is 98.0 Å². The smallest absolute Gasteiger partial charge is 0.335 e. The number of unbranched alkanes of at least 4 members (excludes halogenated alkanes) is 9. The molecule has 32 nitrogen and oxygen atoms in total. The number of nitrogens with one attached hydrogen (secondary N) is 9. The quantitative estimate of drug-likeness (QED) is 0.0144. The van der Waals surface area contributed by atoms with Gasteiger partial charge in [0.15, 0.2) is 12.1 Å². The van der Waals surface area contributed by atoms with Gasteiger partial charge in [0.1, 0.15) is 54.6 Å². The van der Waals surface area contributed by atoms with Crippen LogP contribution in [0.5, 0.6) is 0 Å². The number of carboxylic acids is 2. The van der Waals surface area contributed by atoms with E-state index in [1.54, 1.807) is 0 Å². The number of nitrogens with two attached hydrogens (primary N) is 3. The Hall–Kier alpha value is -6.65. The Bertz CT molecular complexity index is 2250. The maximum atomic E-state index is 14.2. The van der Waals surface area contributed by atoms with E-state index in [0.717, 1.165) is 71.3 Å². The molecule has 0 aromatic heterocycles. The van der Waals surface area contributed by atoms with Crippen LogP contribution >= 0.6 is 11.6 Å². The molecule has 22 N–H and O–H groups in total. The molecule has 1 saturated heterocycles. The van der Waals surface area contributed by atoms with Crippen LogP contribution in [0.3, 0.4) is 0 Å². The number of allylic oxidation sites excluding steroid dienone is 1. The molecule has 0 bridgehead atoms. The fraction of sp³-hybridized carbons (Fsp3) is 0.731. The lowest BCUT2D eigenvalue weighted by atomic mass is 10.0. The minimum atomic E-state index is -2.85. The monoisotopic (exact) mass is 1240 g/mol. The van der Waals surface area contributed by atoms with Gasteiger partial charge in [-0.2, -0.15) is 0 Å². The molecule has 0 saturated carbocycles. The highest BCUT2D eigenvalue weighted by Gasteiger charge is 2.41. The lowest BCUT2D eigenvalue weighted by Crippen LogP contribution is -2.62. The second-order valence-electron chi connectivity index (χ2n) is 20.3. The second kappa shape index (κ2) is 41.4. The Balaban J connectivity index is 4.01. The summed E-state index contributed by atoms with van der Waals surface area (Å²) < 4.78 is 5.25. The SMILES string of the molecule is C/C=C1/NC(=O)[C@H]([C@H](C)O)NC(=O)[C@H](CCN)NC(=O)[C@H](CCCCN)NC(=O)[C@H](CC(=O)O)NC(=O)[C@@H](CCN)NC(=O)[C@@H](NC(=O)CC(O)C(O)CCCCCCCCCCC)COC(=O)[C@H]([C@H](O)CCl)NC(=O)[C@H]([C@H](O)C(=O)O)NC1=O. The molecule has 33 heteroatoms. The van der Waals surface area contributed by atoms with Crippen molar-refractivity contribution in [3.05, 3.63) is 11.8 Å². The van der Waals surface area contributed by atoms with E-state index in [1.807, 2.05) is 10.6 Å². The number of amides is 9. The number of hydrogen-bond acceptors (Lipinski definition) is 21. The summed E-state index contributed by atoms with van der Waals surface area (Å²) in [5.74, 6) is -18.2. The first kappa shape index (κ1) is 76.4. The molecule has 0 aromatic carbocycles. The average molecular weight is 1240 g/mol. The summed E-state index contributed by atoms with van der Waals surface area (Å²) in [6.07, 6.45) is -2.94. The second-order valence-corrected chi connectivity index (χ2v) is 20.7. The van der Waals surface area contributed by atoms with Crippen molar-refractivity contribution >= 4 is 82.7 Å². The normalized spacial score (nSPS) is 24.6. The Morgan fingerprint density at radius 3 is 1.62 bits per heavy atom. The van der Waals surface area contributed by atoms with Gasteiger partial charge in [-0.05, 0) is 72.0 Å². The van der Waals surface area contributed by atoms with Gasteiger partial charge in [-0.1, -0.05) is 70.8 Å². The van der Waals surface area contributed by atoms with Gasteiger partial charge in [-0.25, -0.2) is 9.59 Å². The van der Waals surface area contributed by atoms with Crippen molar-refractivity contribution in [3.63, 3.8) is 0 Å². The van der Waals surface area contributed by atoms with Crippen LogP contribution in [0, 0.1) is 0 Å². The number of rotatable bonds is 29. The summed E-state index contributed by atoms with van der Waals surface area (Å²) in [5.41, 5.74) is 16.4. The third-order valence-electron chi connectivity index (χ3n) is 13.3. The van der Waals surface area contributed by atoms with Gasteiger partial charge in [0.05, 0.1) is 43.1 Å². The Morgan fingerprint density at radius 1 is 0.612 bits per heavy atom. The number of ether oxygens (including phenoxy) is 1. The van der Waals surface area contributed by atoms with E-state index in [9.17, 15) is 93.3 Å². The molecule has 2 unspecified atom stereocenters. The van der Waals surface area contributed by atoms with E-state index in [-0.39, 0.29) is 45.2 Å². The van der Waals surface area contributed by atoms with Gasteiger partial charge >= 0.3 is 17.9 Å². The Morgan fingerprint density at radius 2 is 1.12 bits per heavy atom. The van der Waals surface area contributed by atoms with Gasteiger partial charge in [0, 0.05) is 0 Å². The van der Waals surface area contributed by atoms with E-state index in [0.29, 0.717) is 6.42 Å². The highest BCUT2D eigenvalue weighted by atomic mass is 35.5. The average Bonchev–Trinajstić information content (AvgIpc) is 3.67. The van der Waals surface area contributed by atoms with E-state index >= 15 is 0 Å². The molecule has 0 aliphatic carbocycles. The third-order valence-corrected chi connectivity index (χ3v) is 13.7. The summed E-state index contributed by atoms with van der Waals surface area (Å²) in [6, 6.07) is -16.1. The van der Waals surface area contributed by atoms with E-state index in [4.69, 9.17) is 33.5 Å². The number of halogens is 1. The minimum absolute atomic E-state index is 0.0835. The Labute approximate surface area is 497 Å². The summed E-state index contributed by atoms with van der Waals surface area (Å²) in [6.45, 7) is 2.48. The zero-order valence-electron chi connectivity index (χ0n) is 48.2. The number of aliphatic hydroxyl groups excluding tert-OH is 5. The molecule has 1 heterocycles. The largest absolute Gasteiger partial charge is 0.481 e. The molecule has 9 amide bonds. The standard InChI is InChI=1S/C52H89ClN12O20/c1-4-6-7-8-9-10-11-12-13-17-34(67)35(68)24-37(70)57-33-26-85-52(84)40(36(69)25-53)64-50(81)41(42(73)51(82)83)65-43(74)28(5-2)58-49(80)39(27(3)66)63-46(77)31(19-22-56)60-44(75)29(16-14-15-20-54)59-47(78)32(23-38(71)72)62-45(76)30(18-21-55)61-48(33)79/h5,27,29-36,39-42,66-69,73H,4,6-26,54-56H2,1-3H3,(H,57,70)(H,58,80)(H,59,78)(H,60,75)(H,61,79)(H,62,76)(H,63,77)(H,64,81)(H,65,74)(H,71,72)(H,82,83)/b28-5+/t27-,29-,30+,31-,32-,33-,34?,35?,36+,39-,40-,41-,42-/m0/s1. The predicted octanol–water partition coefficient (Wildman–Crippen LogP) is -5.80. The zero-order chi connectivity index (χ0) is 64.3. The van der Waals surface area contributed by atoms with E-state index < -0.39 is 194 Å². The number of aliphatic hydroxyl groups is 5. The highest BCUT2D eigenvalue weighted by Crippen LogP contribution is 2.15. The zero-order valence-corrected chi connectivity index (χ0v) is 48.9. The summed E-state index contributed by atoms with van der Waals surface area (Å²) in [7, 11) is 0. The van der Waals surface area contributed by atoms with Gasteiger partial charge in [0.25, 0.3) is 5.91 Å². The van der Waals surface area contributed by atoms with Crippen LogP contribution in [-0.4, -0.2) is 218 Å². The summed E-state index contributed by atoms with van der Waals surface area (Å²) >= 11 is 5.85. The first-order valence-corrected chi connectivity index (χ1v) is 28.8. The fourth-order valence-corrected chi connectivity index (χ4v) is 8.58. The molecule has 0 aromatic rings. The lowest BCUT2D eigenvalue weighted by Gasteiger charge is -2.28. The van der Waals surface area contributed by atoms with Crippen LogP contribution in [0.15, 0.2) is 11.8 Å². The van der Waals surface area contributed by atoms with Gasteiger partial charge in [-0.3, -0.25) is 47.9 Å². The highest BCUT2D eigenvalue weighted by molar-refractivity contribution is 6.18. The number of aliphatic carboxylic acids is 2. The van der Waals surface area contributed by atoms with Crippen molar-refractivity contribution in [2.24, 2.45) is 17.2 Å². The molecule has 85 heavy (non-hydrogen) atoms. The third kappa shape index (κ3) is 28.4. The van der Waals surface area contributed by atoms with Crippen LogP contribution in [0.25, 0.3) is 0 Å². The molecule has 13 atom stereocenters. The molecule has 0 radical (unpaired) electrons. The van der Waals surface area contributed by atoms with E-state index in [2.05, 4.69) is 44.1 Å². The predicted molar refractivity (Wildman–Crippen MR) is 301 cm³/mol. The van der Waals surface area contributed by atoms with Crippen LogP contribution in [0.2, 0.25) is 0 Å². The molecule has 1 rings (SSSR count). The van der Waals surface area contributed by atoms with E-state index in [1.165, 1.54) is 0 Å². The maximum absolute atomic E-state index is 14.2. The number of carbonyl (C=O) groups is 12. The van der Waals surface area contributed by atoms with Crippen LogP contribution < -0.4 is 65.1 Å². The molecular formula is C52H89ClN12O20. The first-order chi connectivity index (χ1) is 40.2. The maximum Gasteiger partial charge on any atom is 0.335 e. The number of alkyl halides is 1. The molecule has 0 spiro atoms. The number of carboxylic acid groups (broad SMARTS) is 2. The van der Waals surface area contributed by atoms with Crippen LogP contribution in [0.1, 0.15) is 130 Å². The number of carbonyl (C=O) groups excluding carboxylic acids is 10. The number of cyclic esters (lactones) is 1. The Kier molecular flexibility index (Phi) is 37.2. The fourth-order valence-electron chi connectivity index (χ4n) is 8.40. The molecule has 484 valence electrons. The number of hydrogen-bond donors (Lipinski definition) is 19. The van der Waals surface area contributed by atoms with Crippen molar-refractivity contribution in [2.45, 2.75) is 209 Å². The van der Waals surface area contributed by atoms with Crippen LogP contribution in [-0.2, 0) is 62.3 Å². The lowest BCUT2D eigenvalue weighted by molar-refractivity contribution is -0.155. The summed E-state index contributed by atoms with van der Waals surface area (Å²) in [4.78, 5) is 163.